The summed E-state index contributed by atoms with van der Waals surface area (Å²) < 4.78 is 24.4. The molecule has 4 nitrogen and oxygen atoms in total. The molecule has 1 amide bonds. The van der Waals surface area contributed by atoms with Crippen molar-refractivity contribution >= 4 is 5.91 Å². The van der Waals surface area contributed by atoms with Gasteiger partial charge < -0.3 is 14.4 Å². The van der Waals surface area contributed by atoms with Gasteiger partial charge in [0.1, 0.15) is 11.9 Å². The molecule has 0 aromatic heterocycles. The highest BCUT2D eigenvalue weighted by atomic mass is 19.1. The quantitative estimate of drug-likeness (QED) is 0.830. The van der Waals surface area contributed by atoms with Gasteiger partial charge in [-0.2, -0.15) is 0 Å². The number of amides is 1. The Kier molecular flexibility index (Phi) is 5.51. The van der Waals surface area contributed by atoms with Crippen molar-refractivity contribution in [3.8, 4) is 0 Å². The van der Waals surface area contributed by atoms with Crippen LogP contribution in [-0.4, -0.2) is 48.8 Å². The number of nitrogens with zero attached hydrogens (tertiary/aromatic N) is 1. The van der Waals surface area contributed by atoms with Gasteiger partial charge >= 0.3 is 0 Å². The molecule has 5 heteroatoms. The van der Waals surface area contributed by atoms with Crippen LogP contribution in [0, 0.1) is 5.82 Å². The molecule has 1 aromatic rings. The van der Waals surface area contributed by atoms with Crippen molar-refractivity contribution in [2.45, 2.75) is 57.3 Å². The highest BCUT2D eigenvalue weighted by molar-refractivity contribution is 5.81. The Morgan fingerprint density at radius 2 is 2.17 bits per heavy atom. The standard InChI is InChI=1S/C19H26FNO3/c1-13-10-16(15-5-7-17(20)8-6-15)11-21(13)19(22)14(2)24-12-18-4-3-9-23-18/h5-8,13-14,16,18H,3-4,9-12H2,1-2H3/t13-,14-,16+,18-/m0/s1. The van der Waals surface area contributed by atoms with Gasteiger partial charge in [-0.25, -0.2) is 4.39 Å². The van der Waals surface area contributed by atoms with E-state index in [9.17, 15) is 9.18 Å². The molecule has 0 unspecified atom stereocenters. The fourth-order valence-corrected chi connectivity index (χ4v) is 3.65. The second-order valence-corrected chi connectivity index (χ2v) is 6.93. The van der Waals surface area contributed by atoms with Crippen LogP contribution in [0.4, 0.5) is 4.39 Å². The highest BCUT2D eigenvalue weighted by Gasteiger charge is 2.35. The molecule has 2 aliphatic rings. The summed E-state index contributed by atoms with van der Waals surface area (Å²) in [6.45, 7) is 5.82. The number of likely N-dealkylation sites (tertiary alicyclic amines) is 1. The maximum Gasteiger partial charge on any atom is 0.251 e. The number of ether oxygens (including phenoxy) is 2. The van der Waals surface area contributed by atoms with Gasteiger partial charge in [-0.05, 0) is 50.8 Å². The average Bonchev–Trinajstić information content (AvgIpc) is 3.22. The first kappa shape index (κ1) is 17.4. The summed E-state index contributed by atoms with van der Waals surface area (Å²) in [4.78, 5) is 14.6. The zero-order valence-electron chi connectivity index (χ0n) is 14.4. The van der Waals surface area contributed by atoms with Crippen LogP contribution in [0.15, 0.2) is 24.3 Å². The lowest BCUT2D eigenvalue weighted by Gasteiger charge is -2.25. The number of benzene rings is 1. The highest BCUT2D eigenvalue weighted by Crippen LogP contribution is 2.32. The molecule has 1 aromatic carbocycles. The molecular formula is C19H26FNO3. The third-order valence-electron chi connectivity index (χ3n) is 5.10. The molecule has 132 valence electrons. The number of halogens is 1. The second kappa shape index (κ2) is 7.62. The van der Waals surface area contributed by atoms with Crippen LogP contribution in [0.1, 0.15) is 44.6 Å². The van der Waals surface area contributed by atoms with E-state index in [0.29, 0.717) is 13.2 Å². The summed E-state index contributed by atoms with van der Waals surface area (Å²) in [5.41, 5.74) is 1.09. The van der Waals surface area contributed by atoms with E-state index in [1.165, 1.54) is 12.1 Å². The van der Waals surface area contributed by atoms with Crippen molar-refractivity contribution in [3.63, 3.8) is 0 Å². The Morgan fingerprint density at radius 3 is 2.83 bits per heavy atom. The Bertz CT molecular complexity index is 556. The summed E-state index contributed by atoms with van der Waals surface area (Å²) in [6, 6.07) is 6.77. The lowest BCUT2D eigenvalue weighted by molar-refractivity contribution is -0.145. The van der Waals surface area contributed by atoms with Crippen molar-refractivity contribution in [2.24, 2.45) is 0 Å². The van der Waals surface area contributed by atoms with Crippen LogP contribution in [0.25, 0.3) is 0 Å². The van der Waals surface area contributed by atoms with Crippen LogP contribution in [0.2, 0.25) is 0 Å². The molecular weight excluding hydrogens is 309 g/mol. The minimum atomic E-state index is -0.455. The van der Waals surface area contributed by atoms with E-state index in [-0.39, 0.29) is 29.8 Å². The van der Waals surface area contributed by atoms with Gasteiger partial charge in [0.2, 0.25) is 0 Å². The first-order valence-electron chi connectivity index (χ1n) is 8.83. The first-order chi connectivity index (χ1) is 11.5. The zero-order chi connectivity index (χ0) is 17.1. The third-order valence-corrected chi connectivity index (χ3v) is 5.10. The Labute approximate surface area is 142 Å². The van der Waals surface area contributed by atoms with Crippen LogP contribution in [0.3, 0.4) is 0 Å². The maximum atomic E-state index is 13.1. The van der Waals surface area contributed by atoms with Gasteiger partial charge in [0.25, 0.3) is 5.91 Å². The molecule has 24 heavy (non-hydrogen) atoms. The molecule has 4 atom stereocenters. The number of carbonyl (C=O) groups excluding carboxylic acids is 1. The van der Waals surface area contributed by atoms with E-state index in [1.54, 1.807) is 0 Å². The average molecular weight is 335 g/mol. The topological polar surface area (TPSA) is 38.8 Å². The van der Waals surface area contributed by atoms with E-state index < -0.39 is 6.10 Å². The molecule has 0 saturated carbocycles. The summed E-state index contributed by atoms with van der Waals surface area (Å²) >= 11 is 0. The normalized spacial score (nSPS) is 28.3. The molecule has 0 radical (unpaired) electrons. The third kappa shape index (κ3) is 3.95. The lowest BCUT2D eigenvalue weighted by Crippen LogP contribution is -2.41. The van der Waals surface area contributed by atoms with Crippen LogP contribution in [-0.2, 0) is 14.3 Å². The number of hydrogen-bond donors (Lipinski definition) is 0. The fraction of sp³-hybridized carbons (Fsp3) is 0.632. The van der Waals surface area contributed by atoms with Crippen molar-refractivity contribution < 1.29 is 18.7 Å². The second-order valence-electron chi connectivity index (χ2n) is 6.93. The maximum absolute atomic E-state index is 13.1. The van der Waals surface area contributed by atoms with Gasteiger partial charge in [0.05, 0.1) is 12.7 Å². The Hall–Kier alpha value is -1.46. The fourth-order valence-electron chi connectivity index (χ4n) is 3.65. The van der Waals surface area contributed by atoms with Gasteiger partial charge in [-0.3, -0.25) is 4.79 Å². The Morgan fingerprint density at radius 1 is 1.42 bits per heavy atom. The van der Waals surface area contributed by atoms with E-state index >= 15 is 0 Å². The van der Waals surface area contributed by atoms with E-state index in [4.69, 9.17) is 9.47 Å². The lowest BCUT2D eigenvalue weighted by atomic mass is 9.97. The summed E-state index contributed by atoms with van der Waals surface area (Å²) in [5, 5.41) is 0. The van der Waals surface area contributed by atoms with Gasteiger partial charge in [-0.15, -0.1) is 0 Å². The smallest absolute Gasteiger partial charge is 0.251 e. The van der Waals surface area contributed by atoms with Crippen LogP contribution in [0.5, 0.6) is 0 Å². The molecule has 2 saturated heterocycles. The van der Waals surface area contributed by atoms with E-state index in [2.05, 4.69) is 6.92 Å². The molecule has 2 heterocycles. The van der Waals surface area contributed by atoms with Gasteiger partial charge in [-0.1, -0.05) is 12.1 Å². The summed E-state index contributed by atoms with van der Waals surface area (Å²) in [6.07, 6.45) is 2.65. The van der Waals surface area contributed by atoms with Crippen molar-refractivity contribution in [1.29, 1.82) is 0 Å². The minimum Gasteiger partial charge on any atom is -0.376 e. The Balaban J connectivity index is 1.55. The van der Waals surface area contributed by atoms with Crippen LogP contribution >= 0.6 is 0 Å². The van der Waals surface area contributed by atoms with Crippen molar-refractivity contribution in [2.75, 3.05) is 19.8 Å². The SMILES string of the molecule is C[C@H](OC[C@@H]1CCCO1)C(=O)N1C[C@H](c2ccc(F)cc2)C[C@@H]1C. The summed E-state index contributed by atoms with van der Waals surface area (Å²) in [7, 11) is 0. The van der Waals surface area contributed by atoms with Crippen molar-refractivity contribution in [3.05, 3.63) is 35.6 Å². The minimum absolute atomic E-state index is 0.0325. The van der Waals surface area contributed by atoms with E-state index in [0.717, 1.165) is 31.4 Å². The van der Waals surface area contributed by atoms with Crippen molar-refractivity contribution in [1.82, 2.24) is 4.90 Å². The molecule has 0 spiro atoms. The predicted molar refractivity (Wildman–Crippen MR) is 89.3 cm³/mol. The molecule has 2 fully saturated rings. The molecule has 0 bridgehead atoms. The van der Waals surface area contributed by atoms with Crippen LogP contribution < -0.4 is 0 Å². The van der Waals surface area contributed by atoms with Gasteiger partial charge in [0.15, 0.2) is 0 Å². The number of carbonyl (C=O) groups is 1. The first-order valence-corrected chi connectivity index (χ1v) is 8.83. The number of hydrogen-bond acceptors (Lipinski definition) is 3. The predicted octanol–water partition coefficient (Wildman–Crippen LogP) is 3.11. The summed E-state index contributed by atoms with van der Waals surface area (Å²) in [5.74, 6) is 0.0638. The zero-order valence-corrected chi connectivity index (χ0v) is 14.4. The largest absolute Gasteiger partial charge is 0.376 e. The molecule has 3 rings (SSSR count). The molecule has 2 aliphatic heterocycles. The molecule has 0 N–H and O–H groups in total. The monoisotopic (exact) mass is 335 g/mol. The molecule has 0 aliphatic carbocycles. The van der Waals surface area contributed by atoms with E-state index in [1.807, 2.05) is 24.0 Å². The number of rotatable bonds is 5. The van der Waals surface area contributed by atoms with Gasteiger partial charge in [0, 0.05) is 25.1 Å².